The van der Waals surface area contributed by atoms with Gasteiger partial charge in [-0.3, -0.25) is 14.7 Å². The van der Waals surface area contributed by atoms with Crippen LogP contribution in [-0.4, -0.2) is 79.2 Å². The highest BCUT2D eigenvalue weighted by molar-refractivity contribution is 7.80. The van der Waals surface area contributed by atoms with Gasteiger partial charge in [-0.25, -0.2) is 19.0 Å². The lowest BCUT2D eigenvalue weighted by atomic mass is 10.2. The predicted octanol–water partition coefficient (Wildman–Crippen LogP) is -0.0952. The zero-order valence-electron chi connectivity index (χ0n) is 15.9. The molecule has 0 spiro atoms. The van der Waals surface area contributed by atoms with Crippen LogP contribution < -0.4 is 26.3 Å². The van der Waals surface area contributed by atoms with Gasteiger partial charge in [0.15, 0.2) is 16.7 Å². The smallest absolute Gasteiger partial charge is 0.414 e. The predicted molar refractivity (Wildman–Crippen MR) is 115 cm³/mol. The number of aliphatic hydroxyl groups excluding tert-OH is 1. The minimum absolute atomic E-state index is 0. The molecule has 2 heterocycles. The Morgan fingerprint density at radius 2 is 2.00 bits per heavy atom. The second-order valence-electron chi connectivity index (χ2n) is 6.72. The maximum Gasteiger partial charge on any atom is 0.414 e. The number of aliphatic hydroxyl groups is 1. The highest BCUT2D eigenvalue weighted by atomic mass is 32.1. The van der Waals surface area contributed by atoms with E-state index in [1.807, 2.05) is 0 Å². The van der Waals surface area contributed by atoms with Gasteiger partial charge in [0, 0.05) is 31.8 Å². The molecule has 2 fully saturated rings. The van der Waals surface area contributed by atoms with Crippen LogP contribution in [0.15, 0.2) is 12.1 Å². The summed E-state index contributed by atoms with van der Waals surface area (Å²) in [6, 6.07) is 2.13. The second kappa shape index (κ2) is 10.5. The molecule has 172 valence electrons. The zero-order chi connectivity index (χ0) is 21.8. The number of anilines is 2. The van der Waals surface area contributed by atoms with Crippen molar-refractivity contribution in [3.63, 3.8) is 0 Å². The van der Waals surface area contributed by atoms with Gasteiger partial charge < -0.3 is 25.8 Å². The van der Waals surface area contributed by atoms with E-state index in [0.29, 0.717) is 0 Å². The van der Waals surface area contributed by atoms with E-state index in [9.17, 15) is 18.4 Å². The second-order valence-corrected chi connectivity index (χ2v) is 7.16. The summed E-state index contributed by atoms with van der Waals surface area (Å²) >= 11 is 4.70. The fourth-order valence-electron chi connectivity index (χ4n) is 3.32. The molecule has 1 aromatic rings. The maximum atomic E-state index is 14.8. The molecule has 0 bridgehead atoms. The molecule has 10 nitrogen and oxygen atoms in total. The Morgan fingerprint density at radius 3 is 2.61 bits per heavy atom. The first-order chi connectivity index (χ1) is 14.3. The number of nitrogens with one attached hydrogen (secondary N) is 2. The molecule has 2 amide bonds. The van der Waals surface area contributed by atoms with Crippen molar-refractivity contribution in [3.05, 3.63) is 23.8 Å². The van der Waals surface area contributed by atoms with E-state index in [-0.39, 0.29) is 63.2 Å². The molecule has 2 aliphatic rings. The number of cyclic esters (lactones) is 1. The summed E-state index contributed by atoms with van der Waals surface area (Å²) in [5, 5.41) is 12.9. The van der Waals surface area contributed by atoms with Crippen LogP contribution in [0.4, 0.5) is 25.0 Å². The van der Waals surface area contributed by atoms with Gasteiger partial charge in [0.25, 0.3) is 5.91 Å². The Hall–Kier alpha value is -2.77. The van der Waals surface area contributed by atoms with E-state index >= 15 is 0 Å². The van der Waals surface area contributed by atoms with Crippen molar-refractivity contribution in [2.45, 2.75) is 13.5 Å². The van der Waals surface area contributed by atoms with E-state index < -0.39 is 36.3 Å². The third-order valence-corrected chi connectivity index (χ3v) is 4.87. The molecule has 31 heavy (non-hydrogen) atoms. The van der Waals surface area contributed by atoms with Crippen molar-refractivity contribution in [2.24, 2.45) is 5.73 Å². The summed E-state index contributed by atoms with van der Waals surface area (Å²) in [4.78, 5) is 26.3. The van der Waals surface area contributed by atoms with Crippen molar-refractivity contribution >= 4 is 40.7 Å². The number of rotatable bonds is 5. The molecule has 0 radical (unpaired) electrons. The van der Waals surface area contributed by atoms with Gasteiger partial charge in [-0.15, -0.1) is 0 Å². The molecule has 0 aliphatic carbocycles. The molecule has 0 aromatic heterocycles. The number of amides is 2. The fraction of sp³-hybridized carbons (Fsp3) is 0.500. The summed E-state index contributed by atoms with van der Waals surface area (Å²) in [5.41, 5.74) is 7.93. The van der Waals surface area contributed by atoms with Crippen LogP contribution >= 0.6 is 12.2 Å². The van der Waals surface area contributed by atoms with Crippen molar-refractivity contribution in [1.82, 2.24) is 15.8 Å². The number of ether oxygens (including phenoxy) is 1. The average molecular weight is 461 g/mol. The molecule has 1 atom stereocenters. The van der Waals surface area contributed by atoms with Gasteiger partial charge >= 0.3 is 6.09 Å². The summed E-state index contributed by atoms with van der Waals surface area (Å²) in [5.74, 6) is -2.21. The third kappa shape index (κ3) is 5.68. The van der Waals surface area contributed by atoms with E-state index in [4.69, 9.17) is 27.8 Å². The quantitative estimate of drug-likeness (QED) is 0.446. The van der Waals surface area contributed by atoms with Crippen LogP contribution in [0.25, 0.3) is 0 Å². The molecule has 13 heteroatoms. The molecular formula is C18H26F2N6O4S. The van der Waals surface area contributed by atoms with Crippen LogP contribution in [0.5, 0.6) is 0 Å². The highest BCUT2D eigenvalue weighted by Crippen LogP contribution is 2.31. The number of nitrogens with two attached hydrogens (primary N) is 1. The lowest BCUT2D eigenvalue weighted by molar-refractivity contribution is -0.136. The summed E-state index contributed by atoms with van der Waals surface area (Å²) < 4.78 is 34.8. The number of hydrogen-bond donors (Lipinski definition) is 4. The first-order valence-corrected chi connectivity index (χ1v) is 9.61. The maximum absolute atomic E-state index is 14.8. The van der Waals surface area contributed by atoms with E-state index in [1.54, 1.807) is 0 Å². The van der Waals surface area contributed by atoms with Crippen LogP contribution in [0.2, 0.25) is 0 Å². The van der Waals surface area contributed by atoms with Gasteiger partial charge in [0.05, 0.1) is 25.3 Å². The average Bonchev–Trinajstić information content (AvgIpc) is 2.90. The van der Waals surface area contributed by atoms with Gasteiger partial charge in [-0.1, -0.05) is 7.43 Å². The summed E-state index contributed by atoms with van der Waals surface area (Å²) in [7, 11) is 0. The van der Waals surface area contributed by atoms with E-state index in [2.05, 4.69) is 10.7 Å². The number of nitrogens with zero attached hydrogens (tertiary/aromatic N) is 3. The fourth-order valence-corrected chi connectivity index (χ4v) is 3.40. The highest BCUT2D eigenvalue weighted by Gasteiger charge is 2.34. The number of benzene rings is 1. The van der Waals surface area contributed by atoms with E-state index in [1.165, 1.54) is 9.91 Å². The Balaban J connectivity index is 0.00000341. The number of halogens is 2. The molecule has 2 aliphatic heterocycles. The number of thiocarbonyl (C=S) groups is 1. The van der Waals surface area contributed by atoms with E-state index in [0.717, 1.165) is 17.0 Å². The van der Waals surface area contributed by atoms with Crippen molar-refractivity contribution in [1.29, 1.82) is 0 Å². The minimum atomic E-state index is -0.843. The van der Waals surface area contributed by atoms with Gasteiger partial charge in [-0.05, 0) is 12.2 Å². The van der Waals surface area contributed by atoms with Crippen LogP contribution in [0, 0.1) is 11.6 Å². The minimum Gasteiger partial charge on any atom is -0.442 e. The standard InChI is InChI=1S/C17H22F2N6O4S.CH4/c18-12-5-10(24-8-11(29-17(24)28)7-21-16(20)30)6-13(19)15(12)23-2-1-22-25(4-3-23)14(27)9-26;/h5-6,11,22,26H,1-4,7-9H2,(H3,20,21,30);1H4/t11-;/m0./s1. The number of hydrogen-bond acceptors (Lipinski definition) is 7. The lowest BCUT2D eigenvalue weighted by Gasteiger charge is -2.25. The first-order valence-electron chi connectivity index (χ1n) is 9.20. The number of carbonyl (C=O) groups is 2. The van der Waals surface area contributed by atoms with Gasteiger partial charge in [-0.2, -0.15) is 0 Å². The largest absolute Gasteiger partial charge is 0.442 e. The molecule has 3 rings (SSSR count). The monoisotopic (exact) mass is 460 g/mol. The lowest BCUT2D eigenvalue weighted by Crippen LogP contribution is -2.45. The molecule has 0 unspecified atom stereocenters. The molecule has 5 N–H and O–H groups in total. The molecular weight excluding hydrogens is 434 g/mol. The third-order valence-electron chi connectivity index (χ3n) is 4.72. The van der Waals surface area contributed by atoms with Gasteiger partial charge in [0.2, 0.25) is 0 Å². The van der Waals surface area contributed by atoms with Crippen molar-refractivity contribution in [2.75, 3.05) is 55.7 Å². The Morgan fingerprint density at radius 1 is 1.32 bits per heavy atom. The first kappa shape index (κ1) is 24.5. The van der Waals surface area contributed by atoms with Crippen LogP contribution in [0.3, 0.4) is 0 Å². The zero-order valence-corrected chi connectivity index (χ0v) is 16.8. The number of carbonyl (C=O) groups excluding carboxylic acids is 2. The Kier molecular flexibility index (Phi) is 8.30. The van der Waals surface area contributed by atoms with Crippen molar-refractivity contribution in [3.8, 4) is 0 Å². The normalized spacial score (nSPS) is 18.9. The van der Waals surface area contributed by atoms with Crippen LogP contribution in [0.1, 0.15) is 7.43 Å². The molecule has 0 saturated carbocycles. The summed E-state index contributed by atoms with van der Waals surface area (Å²) in [6.45, 7) is 0.386. The SMILES string of the molecule is C.NC(=S)NC[C@H]1CN(c2cc(F)c(N3CCNN(C(=O)CO)CC3)c(F)c2)C(=O)O1. The number of hydrazine groups is 1. The van der Waals surface area contributed by atoms with Gasteiger partial charge in [0.1, 0.15) is 18.4 Å². The Labute approximate surface area is 183 Å². The summed E-state index contributed by atoms with van der Waals surface area (Å²) in [6.07, 6.45) is -1.30. The molecule has 2 saturated heterocycles. The van der Waals surface area contributed by atoms with Crippen LogP contribution in [-0.2, 0) is 9.53 Å². The Bertz CT molecular complexity index is 822. The van der Waals surface area contributed by atoms with Crippen molar-refractivity contribution < 1.29 is 28.2 Å². The topological polar surface area (TPSA) is 123 Å². The molecule has 1 aromatic carbocycles.